The zero-order valence-electron chi connectivity index (χ0n) is 32.7. The second-order valence-electron chi connectivity index (χ2n) is 16.1. The van der Waals surface area contributed by atoms with Gasteiger partial charge in [-0.2, -0.15) is 0 Å². The summed E-state index contributed by atoms with van der Waals surface area (Å²) in [5, 5.41) is 12.6. The van der Waals surface area contributed by atoms with E-state index >= 15 is 0 Å². The molecule has 3 fully saturated rings. The topological polar surface area (TPSA) is 138 Å². The molecule has 11 nitrogen and oxygen atoms in total. The van der Waals surface area contributed by atoms with Gasteiger partial charge in [-0.05, 0) is 103 Å². The van der Waals surface area contributed by atoms with Gasteiger partial charge >= 0.3 is 0 Å². The van der Waals surface area contributed by atoms with Crippen LogP contribution in [0.3, 0.4) is 0 Å². The number of primary amides is 1. The number of fused-ring (bicyclic) bond motifs is 1. The van der Waals surface area contributed by atoms with E-state index in [1.807, 2.05) is 30.3 Å². The quantitative estimate of drug-likeness (QED) is 0.161. The number of anilines is 2. The van der Waals surface area contributed by atoms with Gasteiger partial charge in [-0.3, -0.25) is 24.6 Å². The predicted octanol–water partition coefficient (Wildman–Crippen LogP) is 5.83. The molecule has 8 rings (SSSR count). The first-order valence-corrected chi connectivity index (χ1v) is 20.4. The van der Waals surface area contributed by atoms with Crippen molar-refractivity contribution in [2.75, 3.05) is 69.3 Å². The van der Waals surface area contributed by atoms with Crippen LogP contribution in [-0.2, 0) is 16.0 Å². The van der Waals surface area contributed by atoms with E-state index in [-0.39, 0.29) is 35.3 Å². The van der Waals surface area contributed by atoms with E-state index < -0.39 is 5.91 Å². The zero-order valence-corrected chi connectivity index (χ0v) is 32.7. The summed E-state index contributed by atoms with van der Waals surface area (Å²) in [7, 11) is 1.68. The van der Waals surface area contributed by atoms with Gasteiger partial charge in [-0.15, -0.1) is 0 Å². The van der Waals surface area contributed by atoms with Crippen molar-refractivity contribution in [3.8, 4) is 17.2 Å². The Kier molecular flexibility index (Phi) is 11.4. The molecule has 4 aliphatic rings. The molecule has 57 heavy (non-hydrogen) atoms. The number of carbonyl (C=O) groups is 3. The number of nitrogens with two attached hydrogens (primary N) is 1. The molecule has 298 valence electrons. The maximum atomic E-state index is 12.3. The Hall–Kier alpha value is -5.55. The second-order valence-corrected chi connectivity index (χ2v) is 16.1. The molecule has 4 heterocycles. The first-order valence-electron chi connectivity index (χ1n) is 20.4. The summed E-state index contributed by atoms with van der Waals surface area (Å²) in [6, 6.07) is 28.7. The van der Waals surface area contributed by atoms with E-state index in [2.05, 4.69) is 62.5 Å². The number of imide groups is 1. The third-order valence-corrected chi connectivity index (χ3v) is 12.7. The maximum absolute atomic E-state index is 12.3. The number of hydrogen-bond donors (Lipinski definition) is 3. The number of nitrogens with zero attached hydrogens (tertiary/aromatic N) is 3. The van der Waals surface area contributed by atoms with Crippen molar-refractivity contribution in [2.45, 2.75) is 50.4 Å². The Balaban J connectivity index is 0.849. The first kappa shape index (κ1) is 38.3. The minimum absolute atomic E-state index is 0.0875. The average molecular weight is 772 g/mol. The summed E-state index contributed by atoms with van der Waals surface area (Å²) in [4.78, 5) is 43.7. The lowest BCUT2D eigenvalue weighted by Gasteiger charge is -2.40. The molecule has 4 N–H and O–H groups in total. The molecule has 3 atom stereocenters. The van der Waals surface area contributed by atoms with Crippen LogP contribution in [0.1, 0.15) is 76.6 Å². The Morgan fingerprint density at radius 3 is 2.25 bits per heavy atom. The molecule has 0 aromatic heterocycles. The molecule has 0 bridgehead atoms. The fourth-order valence-corrected chi connectivity index (χ4v) is 9.34. The molecule has 0 radical (unpaired) electrons. The van der Waals surface area contributed by atoms with Crippen molar-refractivity contribution in [1.29, 1.82) is 0 Å². The van der Waals surface area contributed by atoms with Gasteiger partial charge in [0.1, 0.15) is 17.2 Å². The van der Waals surface area contributed by atoms with Crippen LogP contribution in [-0.4, -0.2) is 87.3 Å². The van der Waals surface area contributed by atoms with Gasteiger partial charge in [0, 0.05) is 98.6 Å². The van der Waals surface area contributed by atoms with Gasteiger partial charge in [-0.25, -0.2) is 0 Å². The average Bonchev–Trinajstić information content (AvgIpc) is 3.23. The van der Waals surface area contributed by atoms with Gasteiger partial charge < -0.3 is 30.1 Å². The highest BCUT2D eigenvalue weighted by Crippen LogP contribution is 2.47. The van der Waals surface area contributed by atoms with E-state index in [1.54, 1.807) is 19.2 Å². The van der Waals surface area contributed by atoms with Crippen molar-refractivity contribution < 1.29 is 29.0 Å². The number of carbonyl (C=O) groups excluding carboxylic acids is 3. The lowest BCUT2D eigenvalue weighted by atomic mass is 9.76. The highest BCUT2D eigenvalue weighted by Gasteiger charge is 2.34. The molecule has 0 spiro atoms. The highest BCUT2D eigenvalue weighted by atomic mass is 16.5. The van der Waals surface area contributed by atoms with Gasteiger partial charge in [0.15, 0.2) is 0 Å². The largest absolute Gasteiger partial charge is 0.508 e. The summed E-state index contributed by atoms with van der Waals surface area (Å²) >= 11 is 0. The fraction of sp³-hybridized carbons (Fsp3) is 0.413. The number of piperidine rings is 2. The highest BCUT2D eigenvalue weighted by molar-refractivity contribution is 5.98. The minimum Gasteiger partial charge on any atom is -0.508 e. The molecule has 3 amide bonds. The number of rotatable bonds is 11. The standard InChI is InChI=1S/C46H53N5O6/c1-56-38-13-6-31(7-14-38)41-29-57-42-27-37(52)12-16-40(42)44(41)32-4-9-35(10-5-32)50-20-18-30(19-21-50)28-49-22-24-51(25-23-49)36-11-15-39(45(47)54)34(26-36)3-2-33-8-17-43(53)48-46(33)55/h4-7,9-16,26-27,30,33,41,44,52H,2-3,8,17-25,28-29H2,1H3,(H2,47,54)(H,48,53,55)/t33-,41+,44+/m0/s1. The zero-order chi connectivity index (χ0) is 39.5. The molecule has 11 heteroatoms. The monoisotopic (exact) mass is 771 g/mol. The maximum Gasteiger partial charge on any atom is 0.248 e. The first-order chi connectivity index (χ1) is 27.7. The number of piperazine rings is 1. The Morgan fingerprint density at radius 1 is 0.842 bits per heavy atom. The van der Waals surface area contributed by atoms with Crippen LogP contribution in [0.25, 0.3) is 0 Å². The summed E-state index contributed by atoms with van der Waals surface area (Å²) in [5.74, 6) is 1.50. The predicted molar refractivity (Wildman–Crippen MR) is 220 cm³/mol. The number of ether oxygens (including phenoxy) is 2. The third-order valence-electron chi connectivity index (χ3n) is 12.7. The lowest BCUT2D eigenvalue weighted by Crippen LogP contribution is -2.49. The Morgan fingerprint density at radius 2 is 1.54 bits per heavy atom. The molecule has 0 saturated carbocycles. The molecule has 4 aromatic carbocycles. The molecular weight excluding hydrogens is 719 g/mol. The van der Waals surface area contributed by atoms with Crippen LogP contribution < -0.4 is 30.3 Å². The van der Waals surface area contributed by atoms with Gasteiger partial charge in [0.25, 0.3) is 0 Å². The van der Waals surface area contributed by atoms with E-state index in [9.17, 15) is 19.5 Å². The van der Waals surface area contributed by atoms with Crippen molar-refractivity contribution in [2.24, 2.45) is 17.6 Å². The van der Waals surface area contributed by atoms with Crippen LogP contribution in [0, 0.1) is 11.8 Å². The molecule has 4 aliphatic heterocycles. The number of methoxy groups -OCH3 is 1. The number of benzene rings is 4. The summed E-state index contributed by atoms with van der Waals surface area (Å²) in [5.41, 5.74) is 12.9. The number of hydrogen-bond acceptors (Lipinski definition) is 9. The molecule has 0 aliphatic carbocycles. The normalized spacial score (nSPS) is 21.7. The lowest BCUT2D eigenvalue weighted by molar-refractivity contribution is -0.136. The third kappa shape index (κ3) is 8.59. The van der Waals surface area contributed by atoms with Crippen molar-refractivity contribution in [3.05, 3.63) is 113 Å². The van der Waals surface area contributed by atoms with Crippen LogP contribution in [0.15, 0.2) is 84.9 Å². The molecular formula is C46H53N5O6. The Bertz CT molecular complexity index is 2070. The second kappa shape index (κ2) is 16.9. The molecule has 0 unspecified atom stereocenters. The van der Waals surface area contributed by atoms with Crippen LogP contribution in [0.4, 0.5) is 11.4 Å². The fourth-order valence-electron chi connectivity index (χ4n) is 9.34. The van der Waals surface area contributed by atoms with E-state index in [4.69, 9.17) is 15.2 Å². The minimum atomic E-state index is -0.463. The number of amides is 3. The summed E-state index contributed by atoms with van der Waals surface area (Å²) < 4.78 is 11.6. The smallest absolute Gasteiger partial charge is 0.248 e. The SMILES string of the molecule is COc1ccc([C@H]2COc3cc(O)ccc3[C@H]2c2ccc(N3CCC(CN4CCN(c5ccc(C(N)=O)c(CC[C@H]6CCC(=O)NC6=O)c5)CC4)CC3)cc2)cc1. The molecule has 4 aromatic rings. The van der Waals surface area contributed by atoms with Crippen molar-refractivity contribution in [1.82, 2.24) is 10.2 Å². The van der Waals surface area contributed by atoms with Crippen LogP contribution >= 0.6 is 0 Å². The molecule has 3 saturated heterocycles. The Labute approximate surface area is 334 Å². The van der Waals surface area contributed by atoms with Crippen molar-refractivity contribution >= 4 is 29.1 Å². The summed E-state index contributed by atoms with van der Waals surface area (Å²) in [6.45, 7) is 7.48. The van der Waals surface area contributed by atoms with Gasteiger partial charge in [-0.1, -0.05) is 30.3 Å². The number of aromatic hydroxyl groups is 1. The number of nitrogens with one attached hydrogen (secondary N) is 1. The number of phenolic OH excluding ortho intramolecular Hbond substituents is 1. The van der Waals surface area contributed by atoms with E-state index in [0.717, 1.165) is 87.0 Å². The van der Waals surface area contributed by atoms with Gasteiger partial charge in [0.2, 0.25) is 17.7 Å². The van der Waals surface area contributed by atoms with Gasteiger partial charge in [0.05, 0.1) is 13.7 Å². The van der Waals surface area contributed by atoms with Crippen LogP contribution in [0.5, 0.6) is 17.2 Å². The number of aryl methyl sites for hydroxylation is 1. The van der Waals surface area contributed by atoms with Crippen molar-refractivity contribution in [3.63, 3.8) is 0 Å². The van der Waals surface area contributed by atoms with E-state index in [0.29, 0.717) is 43.8 Å². The van der Waals surface area contributed by atoms with E-state index in [1.165, 1.54) is 16.8 Å². The summed E-state index contributed by atoms with van der Waals surface area (Å²) in [6.07, 6.45) is 4.34. The number of phenols is 1. The van der Waals surface area contributed by atoms with Crippen LogP contribution in [0.2, 0.25) is 0 Å².